The van der Waals surface area contributed by atoms with E-state index in [4.69, 9.17) is 5.73 Å². The lowest BCUT2D eigenvalue weighted by Gasteiger charge is -2.09. The molecular weight excluding hydrogens is 284 g/mol. The van der Waals surface area contributed by atoms with Crippen molar-refractivity contribution in [1.82, 2.24) is 0 Å². The van der Waals surface area contributed by atoms with Crippen molar-refractivity contribution in [2.75, 3.05) is 11.1 Å². The molecule has 2 aromatic rings. The van der Waals surface area contributed by atoms with Crippen LogP contribution in [0.1, 0.15) is 10.4 Å². The van der Waals surface area contributed by atoms with Crippen LogP contribution in [0.4, 0.5) is 25.8 Å². The number of nitrogens with two attached hydrogens (primary N) is 1. The molecule has 3 N–H and O–H groups in total. The van der Waals surface area contributed by atoms with E-state index in [9.17, 15) is 23.7 Å². The van der Waals surface area contributed by atoms with Crippen molar-refractivity contribution < 1.29 is 18.5 Å². The van der Waals surface area contributed by atoms with Gasteiger partial charge in [0.25, 0.3) is 11.6 Å². The fourth-order valence-electron chi connectivity index (χ4n) is 1.73. The number of anilines is 2. The van der Waals surface area contributed by atoms with Crippen molar-refractivity contribution in [3.63, 3.8) is 0 Å². The van der Waals surface area contributed by atoms with Gasteiger partial charge in [-0.3, -0.25) is 14.9 Å². The second-order valence-corrected chi connectivity index (χ2v) is 4.08. The van der Waals surface area contributed by atoms with E-state index in [1.54, 1.807) is 0 Å². The fourth-order valence-corrected chi connectivity index (χ4v) is 1.73. The molecule has 0 unspecified atom stereocenters. The van der Waals surface area contributed by atoms with Crippen LogP contribution in [0, 0.1) is 21.7 Å². The van der Waals surface area contributed by atoms with Crippen LogP contribution in [0.3, 0.4) is 0 Å². The molecule has 0 fully saturated rings. The Bertz CT molecular complexity index is 735. The van der Waals surface area contributed by atoms with E-state index in [0.29, 0.717) is 0 Å². The lowest BCUT2D eigenvalue weighted by Crippen LogP contribution is -2.17. The van der Waals surface area contributed by atoms with Gasteiger partial charge in [-0.2, -0.15) is 0 Å². The standard InChI is InChI=1S/C13H9F2N3O3/c14-7-2-1-3-8(6-7)17-13(19)11-9(15)4-5-10(12(11)16)18(20)21/h1-6H,16H2,(H,17,19). The molecule has 0 heterocycles. The second-order valence-electron chi connectivity index (χ2n) is 4.08. The van der Waals surface area contributed by atoms with E-state index in [-0.39, 0.29) is 5.69 Å². The first-order valence-corrected chi connectivity index (χ1v) is 5.69. The molecule has 0 aliphatic carbocycles. The smallest absolute Gasteiger partial charge is 0.293 e. The summed E-state index contributed by atoms with van der Waals surface area (Å²) in [6.45, 7) is 0. The van der Waals surface area contributed by atoms with Gasteiger partial charge in [-0.05, 0) is 24.3 Å². The average Bonchev–Trinajstić information content (AvgIpc) is 2.38. The van der Waals surface area contributed by atoms with Crippen LogP contribution >= 0.6 is 0 Å². The predicted molar refractivity (Wildman–Crippen MR) is 71.8 cm³/mol. The maximum Gasteiger partial charge on any atom is 0.293 e. The quantitative estimate of drug-likeness (QED) is 0.516. The molecule has 0 saturated heterocycles. The molecule has 0 bridgehead atoms. The second kappa shape index (κ2) is 5.53. The van der Waals surface area contributed by atoms with Gasteiger partial charge in [0, 0.05) is 11.8 Å². The molecule has 8 heteroatoms. The van der Waals surface area contributed by atoms with E-state index in [1.165, 1.54) is 12.1 Å². The third kappa shape index (κ3) is 2.94. The number of nitrogens with zero attached hydrogens (tertiary/aromatic N) is 1. The van der Waals surface area contributed by atoms with Crippen LogP contribution in [0.25, 0.3) is 0 Å². The Hall–Kier alpha value is -3.03. The number of hydrogen-bond donors (Lipinski definition) is 2. The number of hydrogen-bond acceptors (Lipinski definition) is 4. The van der Waals surface area contributed by atoms with Crippen LogP contribution in [0.2, 0.25) is 0 Å². The van der Waals surface area contributed by atoms with Crippen LogP contribution in [0.5, 0.6) is 0 Å². The SMILES string of the molecule is Nc1c([N+](=O)[O-])ccc(F)c1C(=O)Nc1cccc(F)c1. The van der Waals surface area contributed by atoms with E-state index in [0.717, 1.165) is 24.3 Å². The summed E-state index contributed by atoms with van der Waals surface area (Å²) in [6.07, 6.45) is 0. The topological polar surface area (TPSA) is 98.3 Å². The van der Waals surface area contributed by atoms with Gasteiger partial charge in [0.15, 0.2) is 0 Å². The highest BCUT2D eigenvalue weighted by atomic mass is 19.1. The van der Waals surface area contributed by atoms with Crippen molar-refractivity contribution in [3.05, 3.63) is 63.7 Å². The van der Waals surface area contributed by atoms with Crippen molar-refractivity contribution in [2.45, 2.75) is 0 Å². The Kier molecular flexibility index (Phi) is 3.79. The molecule has 0 spiro atoms. The minimum absolute atomic E-state index is 0.0744. The predicted octanol–water partition coefficient (Wildman–Crippen LogP) is 2.71. The summed E-state index contributed by atoms with van der Waals surface area (Å²) in [4.78, 5) is 21.9. The summed E-state index contributed by atoms with van der Waals surface area (Å²) in [7, 11) is 0. The Morgan fingerprint density at radius 3 is 2.57 bits per heavy atom. The minimum atomic E-state index is -1.01. The number of carbonyl (C=O) groups excluding carboxylic acids is 1. The third-order valence-corrected chi connectivity index (χ3v) is 2.68. The largest absolute Gasteiger partial charge is 0.392 e. The van der Waals surface area contributed by atoms with Crippen molar-refractivity contribution in [3.8, 4) is 0 Å². The van der Waals surface area contributed by atoms with Gasteiger partial charge in [-0.1, -0.05) is 6.07 Å². The van der Waals surface area contributed by atoms with Crippen LogP contribution in [-0.2, 0) is 0 Å². The summed E-state index contributed by atoms with van der Waals surface area (Å²) in [5.74, 6) is -2.61. The number of nitro benzene ring substituents is 1. The highest BCUT2D eigenvalue weighted by Gasteiger charge is 2.23. The Morgan fingerprint density at radius 2 is 1.95 bits per heavy atom. The summed E-state index contributed by atoms with van der Waals surface area (Å²) >= 11 is 0. The molecule has 108 valence electrons. The normalized spacial score (nSPS) is 10.2. The van der Waals surface area contributed by atoms with Crippen LogP contribution in [-0.4, -0.2) is 10.8 Å². The molecule has 0 aliphatic heterocycles. The maximum atomic E-state index is 13.7. The highest BCUT2D eigenvalue weighted by Crippen LogP contribution is 2.28. The molecule has 0 atom stereocenters. The van der Waals surface area contributed by atoms with Gasteiger partial charge in [0.1, 0.15) is 22.9 Å². The monoisotopic (exact) mass is 293 g/mol. The third-order valence-electron chi connectivity index (χ3n) is 2.68. The molecule has 0 aliphatic rings. The van der Waals surface area contributed by atoms with Crippen molar-refractivity contribution in [2.24, 2.45) is 0 Å². The highest BCUT2D eigenvalue weighted by molar-refractivity contribution is 6.09. The van der Waals surface area contributed by atoms with E-state index in [1.807, 2.05) is 0 Å². The van der Waals surface area contributed by atoms with Gasteiger partial charge in [0.05, 0.1) is 4.92 Å². The summed E-state index contributed by atoms with van der Waals surface area (Å²) in [5, 5.41) is 13.0. The van der Waals surface area contributed by atoms with Gasteiger partial charge in [0.2, 0.25) is 0 Å². The first-order chi connectivity index (χ1) is 9.90. The van der Waals surface area contributed by atoms with Crippen molar-refractivity contribution >= 4 is 23.0 Å². The molecule has 0 saturated carbocycles. The number of nitrogen functional groups attached to an aromatic ring is 1. The van der Waals surface area contributed by atoms with Gasteiger partial charge in [-0.25, -0.2) is 8.78 Å². The van der Waals surface area contributed by atoms with Crippen LogP contribution < -0.4 is 11.1 Å². The zero-order valence-electron chi connectivity index (χ0n) is 10.5. The zero-order valence-corrected chi connectivity index (χ0v) is 10.5. The lowest BCUT2D eigenvalue weighted by molar-refractivity contribution is -0.384. The number of amides is 1. The zero-order chi connectivity index (χ0) is 15.6. The van der Waals surface area contributed by atoms with Gasteiger partial charge < -0.3 is 11.1 Å². The maximum absolute atomic E-state index is 13.7. The van der Waals surface area contributed by atoms with Crippen LogP contribution in [0.15, 0.2) is 36.4 Å². The fraction of sp³-hybridized carbons (Fsp3) is 0. The lowest BCUT2D eigenvalue weighted by atomic mass is 10.1. The van der Waals surface area contributed by atoms with E-state index in [2.05, 4.69) is 5.32 Å². The summed E-state index contributed by atoms with van der Waals surface area (Å²) in [5.41, 5.74) is 3.70. The van der Waals surface area contributed by atoms with Gasteiger partial charge in [-0.15, -0.1) is 0 Å². The molecule has 21 heavy (non-hydrogen) atoms. The summed E-state index contributed by atoms with van der Waals surface area (Å²) in [6, 6.07) is 6.55. The molecule has 0 aromatic heterocycles. The number of benzene rings is 2. The Balaban J connectivity index is 2.39. The minimum Gasteiger partial charge on any atom is -0.392 e. The van der Waals surface area contributed by atoms with Gasteiger partial charge >= 0.3 is 0 Å². The first-order valence-electron chi connectivity index (χ1n) is 5.69. The number of nitro groups is 1. The van der Waals surface area contributed by atoms with E-state index >= 15 is 0 Å². The number of halogens is 2. The number of rotatable bonds is 3. The molecule has 0 radical (unpaired) electrons. The Morgan fingerprint density at radius 1 is 1.24 bits per heavy atom. The first kappa shape index (κ1) is 14.4. The molecule has 2 aromatic carbocycles. The Labute approximate surface area is 117 Å². The average molecular weight is 293 g/mol. The summed E-state index contributed by atoms with van der Waals surface area (Å²) < 4.78 is 26.7. The molecule has 1 amide bonds. The molecule has 6 nitrogen and oxygen atoms in total. The molecular formula is C13H9F2N3O3. The van der Waals surface area contributed by atoms with Crippen molar-refractivity contribution in [1.29, 1.82) is 0 Å². The number of carbonyl (C=O) groups is 1. The molecule has 2 rings (SSSR count). The number of nitrogens with one attached hydrogen (secondary N) is 1. The van der Waals surface area contributed by atoms with E-state index < -0.39 is 39.4 Å².